The van der Waals surface area contributed by atoms with Gasteiger partial charge in [-0.1, -0.05) is 19.3 Å². The van der Waals surface area contributed by atoms with Gasteiger partial charge in [-0.3, -0.25) is 4.79 Å². The molecule has 1 aromatic heterocycles. The van der Waals surface area contributed by atoms with Crippen molar-refractivity contribution in [3.63, 3.8) is 0 Å². The van der Waals surface area contributed by atoms with Crippen LogP contribution in [0.5, 0.6) is 0 Å². The molecule has 0 radical (unpaired) electrons. The van der Waals surface area contributed by atoms with Crippen molar-refractivity contribution < 1.29 is 14.3 Å². The Bertz CT molecular complexity index is 548. The summed E-state index contributed by atoms with van der Waals surface area (Å²) in [6.07, 6.45) is 8.17. The first-order valence-electron chi connectivity index (χ1n) is 9.38. The fraction of sp³-hybridized carbons (Fsp3) is 0.684. The van der Waals surface area contributed by atoms with Crippen LogP contribution in [-0.4, -0.2) is 48.9 Å². The van der Waals surface area contributed by atoms with Crippen LogP contribution in [0.15, 0.2) is 18.3 Å². The summed E-state index contributed by atoms with van der Waals surface area (Å²) < 4.78 is 11.5. The van der Waals surface area contributed by atoms with E-state index >= 15 is 0 Å². The molecule has 3 rings (SSSR count). The molecule has 6 nitrogen and oxygen atoms in total. The van der Waals surface area contributed by atoms with Gasteiger partial charge in [0, 0.05) is 13.1 Å². The van der Waals surface area contributed by atoms with Crippen LogP contribution in [0, 0.1) is 0 Å². The van der Waals surface area contributed by atoms with E-state index in [2.05, 4.69) is 29.0 Å². The average molecular weight is 347 g/mol. The molecule has 6 heteroatoms. The van der Waals surface area contributed by atoms with Crippen LogP contribution in [0.1, 0.15) is 46.0 Å². The summed E-state index contributed by atoms with van der Waals surface area (Å²) >= 11 is 0. The second-order valence-electron chi connectivity index (χ2n) is 7.19. The Morgan fingerprint density at radius 1 is 1.24 bits per heavy atom. The molecule has 2 unspecified atom stereocenters. The number of hydrogen-bond acceptors (Lipinski definition) is 5. The molecule has 2 fully saturated rings. The van der Waals surface area contributed by atoms with Crippen LogP contribution >= 0.6 is 0 Å². The van der Waals surface area contributed by atoms with Gasteiger partial charge in [0.2, 0.25) is 5.91 Å². The molecular weight excluding hydrogens is 318 g/mol. The van der Waals surface area contributed by atoms with Crippen molar-refractivity contribution >= 4 is 17.4 Å². The van der Waals surface area contributed by atoms with Crippen LogP contribution in [0.4, 0.5) is 11.5 Å². The summed E-state index contributed by atoms with van der Waals surface area (Å²) in [5.41, 5.74) is 0.704. The molecule has 1 aromatic rings. The Morgan fingerprint density at radius 2 is 1.96 bits per heavy atom. The van der Waals surface area contributed by atoms with E-state index in [0.717, 1.165) is 31.7 Å². The van der Waals surface area contributed by atoms with Crippen LogP contribution in [0.2, 0.25) is 0 Å². The van der Waals surface area contributed by atoms with E-state index in [1.165, 1.54) is 19.3 Å². The highest BCUT2D eigenvalue weighted by Crippen LogP contribution is 2.21. The van der Waals surface area contributed by atoms with E-state index < -0.39 is 0 Å². The van der Waals surface area contributed by atoms with Gasteiger partial charge in [0.25, 0.3) is 0 Å². The molecule has 2 aliphatic rings. The number of amides is 1. The molecule has 1 amide bonds. The van der Waals surface area contributed by atoms with Crippen molar-refractivity contribution in [1.29, 1.82) is 0 Å². The molecule has 1 saturated carbocycles. The molecule has 1 saturated heterocycles. The highest BCUT2D eigenvalue weighted by molar-refractivity contribution is 5.91. The molecule has 1 N–H and O–H groups in total. The molecule has 25 heavy (non-hydrogen) atoms. The van der Waals surface area contributed by atoms with Gasteiger partial charge in [-0.05, 0) is 38.8 Å². The van der Waals surface area contributed by atoms with Crippen molar-refractivity contribution in [2.75, 3.05) is 29.9 Å². The van der Waals surface area contributed by atoms with Crippen LogP contribution in [0.25, 0.3) is 0 Å². The standard InChI is InChI=1S/C19H29N3O3/c1-14-11-22(12-15(2)25-14)18-9-8-16(10-20-18)21-19(23)13-24-17-6-4-3-5-7-17/h8-10,14-15,17H,3-7,11-13H2,1-2H3,(H,21,23). The summed E-state index contributed by atoms with van der Waals surface area (Å²) in [6, 6.07) is 3.84. The number of nitrogens with one attached hydrogen (secondary N) is 1. The van der Waals surface area contributed by atoms with Crippen LogP contribution in [0.3, 0.4) is 0 Å². The quantitative estimate of drug-likeness (QED) is 0.887. The van der Waals surface area contributed by atoms with Crippen molar-refractivity contribution in [3.8, 4) is 0 Å². The maximum atomic E-state index is 12.0. The lowest BCUT2D eigenvalue weighted by molar-refractivity contribution is -0.123. The lowest BCUT2D eigenvalue weighted by atomic mass is 9.98. The highest BCUT2D eigenvalue weighted by atomic mass is 16.5. The molecule has 1 aliphatic carbocycles. The molecule has 2 atom stereocenters. The number of aromatic nitrogens is 1. The van der Waals surface area contributed by atoms with Crippen molar-refractivity contribution in [3.05, 3.63) is 18.3 Å². The smallest absolute Gasteiger partial charge is 0.250 e. The van der Waals surface area contributed by atoms with Gasteiger partial charge in [-0.15, -0.1) is 0 Å². The molecule has 0 spiro atoms. The normalized spacial score (nSPS) is 25.0. The largest absolute Gasteiger partial charge is 0.372 e. The zero-order chi connectivity index (χ0) is 17.6. The first-order valence-corrected chi connectivity index (χ1v) is 9.38. The number of morpholine rings is 1. The van der Waals surface area contributed by atoms with Gasteiger partial charge in [0.1, 0.15) is 12.4 Å². The second-order valence-corrected chi connectivity index (χ2v) is 7.19. The number of hydrogen-bond donors (Lipinski definition) is 1. The van der Waals surface area contributed by atoms with Crippen molar-refractivity contribution in [2.45, 2.75) is 64.3 Å². The molecule has 0 aromatic carbocycles. The van der Waals surface area contributed by atoms with Gasteiger partial charge in [0.05, 0.1) is 30.2 Å². The first-order chi connectivity index (χ1) is 12.1. The summed E-state index contributed by atoms with van der Waals surface area (Å²) in [7, 11) is 0. The number of carbonyl (C=O) groups excluding carboxylic acids is 1. The highest BCUT2D eigenvalue weighted by Gasteiger charge is 2.23. The van der Waals surface area contributed by atoms with Gasteiger partial charge in [-0.25, -0.2) is 4.98 Å². The lowest BCUT2D eigenvalue weighted by Crippen LogP contribution is -2.45. The topological polar surface area (TPSA) is 63.7 Å². The Kier molecular flexibility index (Phi) is 6.26. The third-order valence-electron chi connectivity index (χ3n) is 4.78. The summed E-state index contributed by atoms with van der Waals surface area (Å²) in [5, 5.41) is 2.86. The number of ether oxygens (including phenoxy) is 2. The number of pyridine rings is 1. The maximum absolute atomic E-state index is 12.0. The van der Waals surface area contributed by atoms with Gasteiger partial charge < -0.3 is 19.7 Å². The van der Waals surface area contributed by atoms with E-state index in [1.54, 1.807) is 6.20 Å². The van der Waals surface area contributed by atoms with E-state index in [0.29, 0.717) is 5.69 Å². The van der Waals surface area contributed by atoms with E-state index in [1.807, 2.05) is 12.1 Å². The van der Waals surface area contributed by atoms with Crippen LogP contribution in [-0.2, 0) is 14.3 Å². The Morgan fingerprint density at radius 3 is 2.60 bits per heavy atom. The number of nitrogens with zero attached hydrogens (tertiary/aromatic N) is 2. The van der Waals surface area contributed by atoms with Crippen molar-refractivity contribution in [1.82, 2.24) is 4.98 Å². The third kappa shape index (κ3) is 5.41. The third-order valence-corrected chi connectivity index (χ3v) is 4.78. The fourth-order valence-electron chi connectivity index (χ4n) is 3.63. The van der Waals surface area contributed by atoms with E-state index in [4.69, 9.17) is 9.47 Å². The number of carbonyl (C=O) groups is 1. The van der Waals surface area contributed by atoms with E-state index in [9.17, 15) is 4.79 Å². The minimum Gasteiger partial charge on any atom is -0.372 e. The first kappa shape index (κ1) is 18.1. The van der Waals surface area contributed by atoms with Crippen LogP contribution < -0.4 is 10.2 Å². The lowest BCUT2D eigenvalue weighted by Gasteiger charge is -2.36. The summed E-state index contributed by atoms with van der Waals surface area (Å²) in [5.74, 6) is 0.798. The maximum Gasteiger partial charge on any atom is 0.250 e. The molecule has 2 heterocycles. The minimum atomic E-state index is -0.117. The molecule has 0 bridgehead atoms. The summed E-state index contributed by atoms with van der Waals surface area (Å²) in [6.45, 7) is 5.93. The Labute approximate surface area is 149 Å². The van der Waals surface area contributed by atoms with Gasteiger partial charge >= 0.3 is 0 Å². The van der Waals surface area contributed by atoms with Gasteiger partial charge in [-0.2, -0.15) is 0 Å². The SMILES string of the molecule is CC1CN(c2ccc(NC(=O)COC3CCCCC3)cn2)CC(C)O1. The summed E-state index contributed by atoms with van der Waals surface area (Å²) in [4.78, 5) is 18.7. The molecule has 138 valence electrons. The zero-order valence-electron chi connectivity index (χ0n) is 15.2. The fourth-order valence-corrected chi connectivity index (χ4v) is 3.63. The second kappa shape index (κ2) is 8.63. The Balaban J connectivity index is 1.47. The Hall–Kier alpha value is -1.66. The molecule has 1 aliphatic heterocycles. The average Bonchev–Trinajstić information content (AvgIpc) is 2.61. The van der Waals surface area contributed by atoms with Gasteiger partial charge in [0.15, 0.2) is 0 Å². The molecular formula is C19H29N3O3. The predicted octanol–water partition coefficient (Wildman–Crippen LogP) is 2.98. The number of anilines is 2. The zero-order valence-corrected chi connectivity index (χ0v) is 15.2. The van der Waals surface area contributed by atoms with E-state index in [-0.39, 0.29) is 30.8 Å². The minimum absolute atomic E-state index is 0.116. The van der Waals surface area contributed by atoms with Crippen molar-refractivity contribution in [2.24, 2.45) is 0 Å². The number of rotatable bonds is 5. The monoisotopic (exact) mass is 347 g/mol. The predicted molar refractivity (Wildman–Crippen MR) is 97.9 cm³/mol.